The second kappa shape index (κ2) is 6.92. The third-order valence-corrected chi connectivity index (χ3v) is 5.64. The molecule has 0 fully saturated rings. The quantitative estimate of drug-likeness (QED) is 0.380. The summed E-state index contributed by atoms with van der Waals surface area (Å²) in [5.41, 5.74) is 7.29. The number of pyridine rings is 1. The number of rotatable bonds is 3. The van der Waals surface area contributed by atoms with Gasteiger partial charge >= 0.3 is 0 Å². The first-order chi connectivity index (χ1) is 15.3. The summed E-state index contributed by atoms with van der Waals surface area (Å²) in [6, 6.07) is 29.4. The van der Waals surface area contributed by atoms with E-state index in [1.165, 1.54) is 21.8 Å². The number of fused-ring (bicyclic) bond motifs is 3. The highest BCUT2D eigenvalue weighted by molar-refractivity contribution is 6.09. The van der Waals surface area contributed by atoms with Gasteiger partial charge in [0.2, 0.25) is 0 Å². The number of hydrogen-bond acceptors (Lipinski definition) is 3. The highest BCUT2D eigenvalue weighted by Crippen LogP contribution is 2.31. The smallest absolute Gasteiger partial charge is 0.113 e. The number of hydrogen-bond donors (Lipinski definition) is 0. The maximum atomic E-state index is 4.34. The molecule has 0 atom stereocenters. The van der Waals surface area contributed by atoms with Gasteiger partial charge in [0, 0.05) is 33.9 Å². The second-order valence-corrected chi connectivity index (χ2v) is 7.62. The molecule has 6 rings (SSSR count). The lowest BCUT2D eigenvalue weighted by atomic mass is 10.2. The summed E-state index contributed by atoms with van der Waals surface area (Å²) in [6.07, 6.45) is 3.74. The van der Waals surface area contributed by atoms with Crippen LogP contribution >= 0.6 is 0 Å². The number of para-hydroxylation sites is 2. The summed E-state index contributed by atoms with van der Waals surface area (Å²) in [5, 5.41) is 11.2. The van der Waals surface area contributed by atoms with E-state index in [0.29, 0.717) is 0 Å². The molecule has 0 aliphatic rings. The van der Waals surface area contributed by atoms with Gasteiger partial charge in [-0.2, -0.15) is 0 Å². The molecule has 0 amide bonds. The Bertz CT molecular complexity index is 1490. The monoisotopic (exact) mass is 401 g/mol. The fourth-order valence-electron chi connectivity index (χ4n) is 4.18. The SMILES string of the molecule is Cc1cc(-c2cn(-c3ccc(-n4c5ccccc5c5ccccc54)cc3)nn2)ccn1. The van der Waals surface area contributed by atoms with Crippen molar-refractivity contribution in [3.63, 3.8) is 0 Å². The van der Waals surface area contributed by atoms with E-state index in [-0.39, 0.29) is 0 Å². The molecule has 31 heavy (non-hydrogen) atoms. The maximum absolute atomic E-state index is 4.34. The van der Waals surface area contributed by atoms with Gasteiger partial charge in [0.05, 0.1) is 22.9 Å². The zero-order valence-electron chi connectivity index (χ0n) is 17.0. The van der Waals surface area contributed by atoms with Crippen LogP contribution in [0.5, 0.6) is 0 Å². The minimum Gasteiger partial charge on any atom is -0.309 e. The predicted molar refractivity (Wildman–Crippen MR) is 124 cm³/mol. The molecule has 0 aliphatic heterocycles. The van der Waals surface area contributed by atoms with Crippen molar-refractivity contribution in [3.05, 3.63) is 103 Å². The number of aromatic nitrogens is 5. The zero-order chi connectivity index (χ0) is 20.8. The van der Waals surface area contributed by atoms with E-state index in [1.54, 1.807) is 10.9 Å². The summed E-state index contributed by atoms with van der Waals surface area (Å²) in [4.78, 5) is 4.25. The van der Waals surface area contributed by atoms with Crippen LogP contribution in [0.25, 0.3) is 44.4 Å². The first kappa shape index (κ1) is 17.6. The molecule has 3 aromatic heterocycles. The Morgan fingerprint density at radius 1 is 0.710 bits per heavy atom. The molecule has 3 aromatic carbocycles. The third kappa shape index (κ3) is 2.90. The molecule has 0 N–H and O–H groups in total. The molecule has 0 saturated heterocycles. The largest absolute Gasteiger partial charge is 0.309 e. The normalized spacial score (nSPS) is 11.4. The van der Waals surface area contributed by atoms with Crippen LogP contribution < -0.4 is 0 Å². The van der Waals surface area contributed by atoms with Crippen LogP contribution in [0.4, 0.5) is 0 Å². The Morgan fingerprint density at radius 3 is 2.03 bits per heavy atom. The molecule has 3 heterocycles. The van der Waals surface area contributed by atoms with Crippen LogP contribution in [0.3, 0.4) is 0 Å². The van der Waals surface area contributed by atoms with Crippen LogP contribution in [0, 0.1) is 6.92 Å². The molecule has 0 saturated carbocycles. The van der Waals surface area contributed by atoms with Crippen molar-refractivity contribution in [2.24, 2.45) is 0 Å². The third-order valence-electron chi connectivity index (χ3n) is 5.64. The molecule has 5 heteroatoms. The Balaban J connectivity index is 1.42. The van der Waals surface area contributed by atoms with Gasteiger partial charge in [-0.3, -0.25) is 4.98 Å². The van der Waals surface area contributed by atoms with Gasteiger partial charge in [-0.1, -0.05) is 41.6 Å². The van der Waals surface area contributed by atoms with Gasteiger partial charge in [0.25, 0.3) is 0 Å². The van der Waals surface area contributed by atoms with E-state index >= 15 is 0 Å². The van der Waals surface area contributed by atoms with Gasteiger partial charge in [0.1, 0.15) is 5.69 Å². The molecule has 0 aliphatic carbocycles. The van der Waals surface area contributed by atoms with Crippen LogP contribution in [0.1, 0.15) is 5.69 Å². The van der Waals surface area contributed by atoms with Crippen LogP contribution in [-0.4, -0.2) is 24.5 Å². The van der Waals surface area contributed by atoms with E-state index in [0.717, 1.165) is 28.3 Å². The van der Waals surface area contributed by atoms with E-state index in [4.69, 9.17) is 0 Å². The van der Waals surface area contributed by atoms with Crippen molar-refractivity contribution in [3.8, 4) is 22.6 Å². The van der Waals surface area contributed by atoms with Crippen molar-refractivity contribution >= 4 is 21.8 Å². The van der Waals surface area contributed by atoms with Crippen molar-refractivity contribution in [1.29, 1.82) is 0 Å². The Kier molecular flexibility index (Phi) is 3.93. The lowest BCUT2D eigenvalue weighted by molar-refractivity contribution is 0.803. The van der Waals surface area contributed by atoms with Crippen molar-refractivity contribution in [2.45, 2.75) is 6.92 Å². The Labute approximate surface area is 179 Å². The standard InChI is InChI=1S/C26H19N5/c1-18-16-19(14-15-27-18)24-17-30(29-28-24)20-10-12-21(13-11-20)31-25-8-4-2-6-22(25)23-7-3-5-9-26(23)31/h2-17H,1H3. The van der Waals surface area contributed by atoms with Gasteiger partial charge in [-0.25, -0.2) is 4.68 Å². The molecule has 6 aromatic rings. The van der Waals surface area contributed by atoms with Crippen molar-refractivity contribution in [1.82, 2.24) is 24.5 Å². The lowest BCUT2D eigenvalue weighted by Gasteiger charge is -2.09. The average molecular weight is 401 g/mol. The number of aryl methyl sites for hydroxylation is 1. The van der Waals surface area contributed by atoms with Gasteiger partial charge < -0.3 is 4.57 Å². The number of benzene rings is 3. The first-order valence-corrected chi connectivity index (χ1v) is 10.2. The topological polar surface area (TPSA) is 48.5 Å². The average Bonchev–Trinajstić information content (AvgIpc) is 3.43. The minimum atomic E-state index is 0.831. The zero-order valence-corrected chi connectivity index (χ0v) is 17.0. The van der Waals surface area contributed by atoms with E-state index in [2.05, 4.69) is 92.7 Å². The molecule has 0 radical (unpaired) electrons. The van der Waals surface area contributed by atoms with Gasteiger partial charge in [-0.05, 0) is 55.5 Å². The molecule has 0 bridgehead atoms. The highest BCUT2D eigenvalue weighted by Gasteiger charge is 2.12. The maximum Gasteiger partial charge on any atom is 0.113 e. The summed E-state index contributed by atoms with van der Waals surface area (Å²) >= 11 is 0. The molecule has 5 nitrogen and oxygen atoms in total. The highest BCUT2D eigenvalue weighted by atomic mass is 15.4. The van der Waals surface area contributed by atoms with Crippen molar-refractivity contribution in [2.75, 3.05) is 0 Å². The number of nitrogens with zero attached hydrogens (tertiary/aromatic N) is 5. The van der Waals surface area contributed by atoms with E-state index in [9.17, 15) is 0 Å². The fourth-order valence-corrected chi connectivity index (χ4v) is 4.18. The summed E-state index contributed by atoms with van der Waals surface area (Å²) in [7, 11) is 0. The van der Waals surface area contributed by atoms with E-state index < -0.39 is 0 Å². The van der Waals surface area contributed by atoms with Crippen molar-refractivity contribution < 1.29 is 0 Å². The van der Waals surface area contributed by atoms with Crippen LogP contribution in [0.15, 0.2) is 97.3 Å². The summed E-state index contributed by atoms with van der Waals surface area (Å²) in [5.74, 6) is 0. The molecule has 0 spiro atoms. The molecule has 148 valence electrons. The fraction of sp³-hybridized carbons (Fsp3) is 0.0385. The predicted octanol–water partition coefficient (Wildman–Crippen LogP) is 5.73. The second-order valence-electron chi connectivity index (χ2n) is 7.62. The summed E-state index contributed by atoms with van der Waals surface area (Å²) < 4.78 is 4.11. The van der Waals surface area contributed by atoms with Gasteiger partial charge in [0.15, 0.2) is 0 Å². The minimum absolute atomic E-state index is 0.831. The summed E-state index contributed by atoms with van der Waals surface area (Å²) in [6.45, 7) is 1.97. The molecule has 0 unspecified atom stereocenters. The van der Waals surface area contributed by atoms with E-state index in [1.807, 2.05) is 25.3 Å². The molecular formula is C26H19N5. The molecular weight excluding hydrogens is 382 g/mol. The first-order valence-electron chi connectivity index (χ1n) is 10.2. The Hall–Kier alpha value is -4.25. The van der Waals surface area contributed by atoms with Crippen LogP contribution in [0.2, 0.25) is 0 Å². The van der Waals surface area contributed by atoms with Gasteiger partial charge in [-0.15, -0.1) is 5.10 Å². The van der Waals surface area contributed by atoms with Crippen LogP contribution in [-0.2, 0) is 0 Å². The lowest BCUT2D eigenvalue weighted by Crippen LogP contribution is -1.97. The Morgan fingerprint density at radius 2 is 1.35 bits per heavy atom.